The molecule has 0 bridgehead atoms. The molecule has 2 aliphatic rings. The van der Waals surface area contributed by atoms with Crippen LogP contribution < -0.4 is 0 Å². The Morgan fingerprint density at radius 2 is 2.30 bits per heavy atom. The van der Waals surface area contributed by atoms with E-state index in [2.05, 4.69) is 0 Å². The largest absolute Gasteiger partial charge is 0.395 e. The van der Waals surface area contributed by atoms with Gasteiger partial charge in [0, 0.05) is 12.6 Å². The van der Waals surface area contributed by atoms with Gasteiger partial charge in [-0.1, -0.05) is 0 Å². The lowest BCUT2D eigenvalue weighted by Crippen LogP contribution is -2.23. The van der Waals surface area contributed by atoms with Crippen molar-refractivity contribution in [3.05, 3.63) is 0 Å². The van der Waals surface area contributed by atoms with E-state index in [4.69, 9.17) is 16.9 Å². The number of rotatable bonds is 1. The van der Waals surface area contributed by atoms with Crippen LogP contribution in [0.15, 0.2) is 0 Å². The summed E-state index contributed by atoms with van der Waals surface area (Å²) in [5, 5.41) is 8.87. The lowest BCUT2D eigenvalue weighted by atomic mass is 10.0. The third-order valence-corrected chi connectivity index (χ3v) is 3.11. The fraction of sp³-hybridized carbons (Fsp3) is 1.00. The molecular formula is C7H12ClNO. The first kappa shape index (κ1) is 6.89. The molecule has 0 radical (unpaired) electrons. The highest BCUT2D eigenvalue weighted by Gasteiger charge is 2.51. The quantitative estimate of drug-likeness (QED) is 0.580. The van der Waals surface area contributed by atoms with Gasteiger partial charge in [0.05, 0.1) is 6.61 Å². The number of aliphatic hydroxyl groups excluding tert-OH is 1. The van der Waals surface area contributed by atoms with Crippen LogP contribution in [0, 0.1) is 5.41 Å². The number of halogens is 1. The first-order chi connectivity index (χ1) is 4.76. The number of nitrogens with zero attached hydrogens (tertiary/aromatic N) is 1. The molecule has 2 fully saturated rings. The van der Waals surface area contributed by atoms with E-state index >= 15 is 0 Å². The molecule has 1 heterocycles. The molecule has 58 valence electrons. The van der Waals surface area contributed by atoms with E-state index in [1.165, 1.54) is 12.8 Å². The van der Waals surface area contributed by atoms with Gasteiger partial charge in [-0.25, -0.2) is 4.42 Å². The highest BCUT2D eigenvalue weighted by molar-refractivity contribution is 6.13. The minimum absolute atomic E-state index is 0.214. The molecule has 2 nitrogen and oxygen atoms in total. The molecule has 1 saturated carbocycles. The van der Waals surface area contributed by atoms with Gasteiger partial charge in [-0.05, 0) is 36.5 Å². The van der Waals surface area contributed by atoms with E-state index in [9.17, 15) is 0 Å². The van der Waals surface area contributed by atoms with Crippen molar-refractivity contribution in [1.82, 2.24) is 4.42 Å². The molecule has 0 amide bonds. The van der Waals surface area contributed by atoms with E-state index in [0.717, 1.165) is 13.0 Å². The molecule has 1 spiro atoms. The van der Waals surface area contributed by atoms with Gasteiger partial charge in [0.15, 0.2) is 0 Å². The van der Waals surface area contributed by atoms with E-state index in [-0.39, 0.29) is 12.6 Å². The number of aliphatic hydroxyl groups is 1. The zero-order chi connectivity index (χ0) is 7.19. The van der Waals surface area contributed by atoms with E-state index in [1.807, 2.05) is 0 Å². The summed E-state index contributed by atoms with van der Waals surface area (Å²) in [5.74, 6) is 0. The third kappa shape index (κ3) is 0.949. The topological polar surface area (TPSA) is 23.5 Å². The summed E-state index contributed by atoms with van der Waals surface area (Å²) in [4.78, 5) is 0. The standard InChI is InChI=1S/C7H12ClNO/c8-9-5-7(1-2-7)3-6(9)4-10/h6,10H,1-5H2/t6-/m0/s1. The summed E-state index contributed by atoms with van der Waals surface area (Å²) in [5.41, 5.74) is 0.523. The monoisotopic (exact) mass is 161 g/mol. The van der Waals surface area contributed by atoms with Crippen molar-refractivity contribution in [1.29, 1.82) is 0 Å². The van der Waals surface area contributed by atoms with Crippen LogP contribution in [0.5, 0.6) is 0 Å². The van der Waals surface area contributed by atoms with Crippen LogP contribution in [0.4, 0.5) is 0 Å². The Hall–Kier alpha value is 0.210. The predicted octanol–water partition coefficient (Wildman–Crippen LogP) is 0.987. The van der Waals surface area contributed by atoms with E-state index in [0.29, 0.717) is 5.41 Å². The van der Waals surface area contributed by atoms with E-state index < -0.39 is 0 Å². The van der Waals surface area contributed by atoms with Crippen LogP contribution in [0.3, 0.4) is 0 Å². The lowest BCUT2D eigenvalue weighted by Gasteiger charge is -2.11. The van der Waals surface area contributed by atoms with Gasteiger partial charge in [0.1, 0.15) is 0 Å². The van der Waals surface area contributed by atoms with Crippen LogP contribution in [0.2, 0.25) is 0 Å². The first-order valence-electron chi connectivity index (χ1n) is 3.79. The van der Waals surface area contributed by atoms with Gasteiger partial charge in [-0.3, -0.25) is 0 Å². The second-order valence-electron chi connectivity index (χ2n) is 3.60. The van der Waals surface area contributed by atoms with Crippen molar-refractivity contribution < 1.29 is 5.11 Å². The molecule has 2 rings (SSSR count). The van der Waals surface area contributed by atoms with Crippen LogP contribution in [0.1, 0.15) is 19.3 Å². The van der Waals surface area contributed by atoms with Crippen molar-refractivity contribution in [2.45, 2.75) is 25.3 Å². The fourth-order valence-electron chi connectivity index (χ4n) is 1.81. The molecule has 0 aromatic heterocycles. The Bertz CT molecular complexity index is 147. The molecular weight excluding hydrogens is 150 g/mol. The average molecular weight is 162 g/mol. The molecule has 1 saturated heterocycles. The van der Waals surface area contributed by atoms with E-state index in [1.54, 1.807) is 4.42 Å². The molecule has 3 heteroatoms. The Labute approximate surface area is 65.9 Å². The third-order valence-electron chi connectivity index (χ3n) is 2.72. The summed E-state index contributed by atoms with van der Waals surface area (Å²) in [6.45, 7) is 1.20. The molecule has 1 atom stereocenters. The van der Waals surface area contributed by atoms with Crippen molar-refractivity contribution >= 4 is 11.8 Å². The Morgan fingerprint density at radius 3 is 2.60 bits per heavy atom. The Kier molecular flexibility index (Phi) is 1.44. The van der Waals surface area contributed by atoms with Gasteiger partial charge in [-0.2, -0.15) is 0 Å². The summed E-state index contributed by atoms with van der Waals surface area (Å²) >= 11 is 5.88. The minimum Gasteiger partial charge on any atom is -0.395 e. The summed E-state index contributed by atoms with van der Waals surface area (Å²) in [6, 6.07) is 0.226. The predicted molar refractivity (Wildman–Crippen MR) is 39.7 cm³/mol. The minimum atomic E-state index is 0.214. The highest BCUT2D eigenvalue weighted by atomic mass is 35.5. The smallest absolute Gasteiger partial charge is 0.0600 e. The number of hydrogen-bond donors (Lipinski definition) is 1. The fourth-order valence-corrected chi connectivity index (χ4v) is 2.19. The molecule has 10 heavy (non-hydrogen) atoms. The van der Waals surface area contributed by atoms with Gasteiger partial charge in [0.25, 0.3) is 0 Å². The Balaban J connectivity index is 2.00. The Morgan fingerprint density at radius 1 is 1.60 bits per heavy atom. The maximum atomic E-state index is 8.87. The molecule has 0 unspecified atom stereocenters. The second-order valence-corrected chi connectivity index (χ2v) is 4.03. The first-order valence-corrected chi connectivity index (χ1v) is 4.13. The van der Waals surface area contributed by atoms with Crippen LogP contribution in [-0.4, -0.2) is 28.7 Å². The van der Waals surface area contributed by atoms with Crippen LogP contribution >= 0.6 is 11.8 Å². The molecule has 0 aromatic carbocycles. The normalized spacial score (nSPS) is 37.2. The van der Waals surface area contributed by atoms with Gasteiger partial charge < -0.3 is 5.11 Å². The van der Waals surface area contributed by atoms with Crippen molar-refractivity contribution in [2.24, 2.45) is 5.41 Å². The number of hydrogen-bond acceptors (Lipinski definition) is 2. The molecule has 1 aliphatic heterocycles. The average Bonchev–Trinajstić information content (AvgIpc) is 2.55. The van der Waals surface area contributed by atoms with Crippen molar-refractivity contribution in [2.75, 3.05) is 13.2 Å². The molecule has 1 aliphatic carbocycles. The van der Waals surface area contributed by atoms with Crippen LogP contribution in [-0.2, 0) is 0 Å². The highest BCUT2D eigenvalue weighted by Crippen LogP contribution is 2.55. The zero-order valence-corrected chi connectivity index (χ0v) is 6.64. The second kappa shape index (κ2) is 2.10. The molecule has 0 aromatic rings. The zero-order valence-electron chi connectivity index (χ0n) is 5.89. The van der Waals surface area contributed by atoms with Gasteiger partial charge in [0.2, 0.25) is 0 Å². The maximum Gasteiger partial charge on any atom is 0.0600 e. The van der Waals surface area contributed by atoms with Crippen molar-refractivity contribution in [3.8, 4) is 0 Å². The van der Waals surface area contributed by atoms with Gasteiger partial charge in [-0.15, -0.1) is 0 Å². The SMILES string of the molecule is OC[C@@H]1CC2(CC2)CN1Cl. The van der Waals surface area contributed by atoms with Crippen molar-refractivity contribution in [3.63, 3.8) is 0 Å². The summed E-state index contributed by atoms with van der Waals surface area (Å²) < 4.78 is 1.77. The summed E-state index contributed by atoms with van der Waals surface area (Å²) in [7, 11) is 0. The van der Waals surface area contributed by atoms with Gasteiger partial charge >= 0.3 is 0 Å². The summed E-state index contributed by atoms with van der Waals surface area (Å²) in [6.07, 6.45) is 3.73. The lowest BCUT2D eigenvalue weighted by molar-refractivity contribution is 0.216. The molecule has 1 N–H and O–H groups in total. The van der Waals surface area contributed by atoms with Crippen LogP contribution in [0.25, 0.3) is 0 Å². The maximum absolute atomic E-state index is 8.87.